The second-order valence-corrected chi connectivity index (χ2v) is 7.46. The molecule has 2 heterocycles. The number of hydrogen-bond donors (Lipinski definition) is 0. The molecule has 0 radical (unpaired) electrons. The van der Waals surface area contributed by atoms with Crippen LogP contribution in [-0.4, -0.2) is 48.6 Å². The lowest BCUT2D eigenvalue weighted by atomic mass is 10.0. The number of methoxy groups -OCH3 is 2. The Morgan fingerprint density at radius 1 is 1.10 bits per heavy atom. The maximum absolute atomic E-state index is 13.4. The first kappa shape index (κ1) is 21.8. The van der Waals surface area contributed by atoms with Crippen LogP contribution < -0.4 is 15.0 Å². The van der Waals surface area contributed by atoms with Gasteiger partial charge in [0, 0.05) is 38.7 Å². The van der Waals surface area contributed by atoms with E-state index in [4.69, 9.17) is 9.47 Å². The average molecular weight is 420 g/mol. The number of rotatable bonds is 6. The molecule has 1 aliphatic heterocycles. The second-order valence-electron chi connectivity index (χ2n) is 7.46. The average Bonchev–Trinajstić information content (AvgIpc) is 2.72. The van der Waals surface area contributed by atoms with Crippen LogP contribution in [0.3, 0.4) is 0 Å². The van der Waals surface area contributed by atoms with Gasteiger partial charge in [0.2, 0.25) is 0 Å². The van der Waals surface area contributed by atoms with Crippen molar-refractivity contribution in [3.63, 3.8) is 0 Å². The highest BCUT2D eigenvalue weighted by Crippen LogP contribution is 2.29. The lowest BCUT2D eigenvalue weighted by Crippen LogP contribution is -2.45. The molecule has 6 nitrogen and oxygen atoms in total. The third-order valence-electron chi connectivity index (χ3n) is 5.46. The summed E-state index contributed by atoms with van der Waals surface area (Å²) in [6, 6.07) is 7.24. The molecule has 3 rings (SSSR count). The van der Waals surface area contributed by atoms with Gasteiger partial charge in [-0.1, -0.05) is 6.07 Å². The number of pyridine rings is 1. The quantitative estimate of drug-likeness (QED) is 0.720. The molecule has 2 aromatic rings. The lowest BCUT2D eigenvalue weighted by Gasteiger charge is -2.32. The number of carbonyl (C=O) groups excluding carboxylic acids is 1. The van der Waals surface area contributed by atoms with Gasteiger partial charge in [0.25, 0.3) is 17.4 Å². The number of halogens is 2. The third-order valence-corrected chi connectivity index (χ3v) is 5.46. The predicted molar refractivity (Wildman–Crippen MR) is 109 cm³/mol. The molecule has 1 aliphatic rings. The number of benzene rings is 1. The van der Waals surface area contributed by atoms with E-state index in [0.29, 0.717) is 30.0 Å². The standard InChI is InChI=1S/C22H26F2N2O4/c1-15-6-10-25(11-7-16-4-5-17(29-2)18(14-16)30-3)20(27)19(15)21(28)26-12-8-22(23,24)9-13-26/h4-6,10,14H,7-9,11-13H2,1-3H3. The fourth-order valence-electron chi connectivity index (χ4n) is 3.58. The van der Waals surface area contributed by atoms with Crippen molar-refractivity contribution in [3.05, 3.63) is 57.5 Å². The van der Waals surface area contributed by atoms with Crippen molar-refractivity contribution in [2.45, 2.75) is 38.7 Å². The molecule has 1 saturated heterocycles. The summed E-state index contributed by atoms with van der Waals surface area (Å²) < 4.78 is 38.8. The zero-order valence-corrected chi connectivity index (χ0v) is 17.4. The number of ether oxygens (including phenoxy) is 2. The van der Waals surface area contributed by atoms with E-state index < -0.39 is 17.4 Å². The summed E-state index contributed by atoms with van der Waals surface area (Å²) in [5.74, 6) is -2.01. The summed E-state index contributed by atoms with van der Waals surface area (Å²) in [6.45, 7) is 1.95. The summed E-state index contributed by atoms with van der Waals surface area (Å²) in [7, 11) is 3.12. The third kappa shape index (κ3) is 4.63. The van der Waals surface area contributed by atoms with Gasteiger partial charge >= 0.3 is 0 Å². The van der Waals surface area contributed by atoms with E-state index >= 15 is 0 Å². The van der Waals surface area contributed by atoms with Crippen LogP contribution in [0.1, 0.15) is 34.3 Å². The molecule has 0 bridgehead atoms. The van der Waals surface area contributed by atoms with Gasteiger partial charge in [0.15, 0.2) is 11.5 Å². The van der Waals surface area contributed by atoms with Crippen LogP contribution in [-0.2, 0) is 13.0 Å². The van der Waals surface area contributed by atoms with E-state index in [-0.39, 0.29) is 31.5 Å². The molecule has 0 unspecified atom stereocenters. The van der Waals surface area contributed by atoms with Crippen LogP contribution in [0.15, 0.2) is 35.3 Å². The van der Waals surface area contributed by atoms with Gasteiger partial charge in [0.1, 0.15) is 5.56 Å². The molecule has 0 atom stereocenters. The number of nitrogens with zero attached hydrogens (tertiary/aromatic N) is 2. The molecule has 1 amide bonds. The SMILES string of the molecule is COc1ccc(CCn2ccc(C)c(C(=O)N3CCC(F)(F)CC3)c2=O)cc1OC. The lowest BCUT2D eigenvalue weighted by molar-refractivity contribution is -0.0494. The maximum Gasteiger partial charge on any atom is 0.263 e. The van der Waals surface area contributed by atoms with Crippen LogP contribution >= 0.6 is 0 Å². The smallest absolute Gasteiger partial charge is 0.263 e. The highest BCUT2D eigenvalue weighted by molar-refractivity contribution is 5.95. The Balaban J connectivity index is 1.78. The van der Waals surface area contributed by atoms with Crippen molar-refractivity contribution in [1.29, 1.82) is 0 Å². The zero-order chi connectivity index (χ0) is 21.9. The van der Waals surface area contributed by atoms with Crippen LogP contribution in [0, 0.1) is 6.92 Å². The first-order valence-electron chi connectivity index (χ1n) is 9.84. The number of carbonyl (C=O) groups is 1. The fourth-order valence-corrected chi connectivity index (χ4v) is 3.58. The Bertz CT molecular complexity index is 978. The van der Waals surface area contributed by atoms with Crippen molar-refractivity contribution >= 4 is 5.91 Å². The first-order chi connectivity index (χ1) is 14.3. The Hall–Kier alpha value is -2.90. The molecule has 1 fully saturated rings. The molecule has 162 valence electrons. The Morgan fingerprint density at radius 2 is 1.77 bits per heavy atom. The van der Waals surface area contributed by atoms with Gasteiger partial charge in [-0.25, -0.2) is 8.78 Å². The van der Waals surface area contributed by atoms with Crippen molar-refractivity contribution in [2.24, 2.45) is 0 Å². The van der Waals surface area contributed by atoms with Crippen LogP contribution in [0.2, 0.25) is 0 Å². The van der Waals surface area contributed by atoms with Crippen molar-refractivity contribution in [3.8, 4) is 11.5 Å². The minimum absolute atomic E-state index is 0.0503. The highest BCUT2D eigenvalue weighted by atomic mass is 19.3. The summed E-state index contributed by atoms with van der Waals surface area (Å²) in [5, 5.41) is 0. The molecule has 1 aromatic heterocycles. The Morgan fingerprint density at radius 3 is 2.40 bits per heavy atom. The van der Waals surface area contributed by atoms with E-state index in [9.17, 15) is 18.4 Å². The van der Waals surface area contributed by atoms with E-state index in [2.05, 4.69) is 0 Å². The minimum atomic E-state index is -2.75. The number of likely N-dealkylation sites (tertiary alicyclic amines) is 1. The molecular formula is C22H26F2N2O4. The van der Waals surface area contributed by atoms with Gasteiger partial charge in [-0.05, 0) is 42.7 Å². The minimum Gasteiger partial charge on any atom is -0.493 e. The summed E-state index contributed by atoms with van der Waals surface area (Å²) in [4.78, 5) is 27.2. The molecule has 0 saturated carbocycles. The topological polar surface area (TPSA) is 60.8 Å². The molecule has 30 heavy (non-hydrogen) atoms. The van der Waals surface area contributed by atoms with Crippen molar-refractivity contribution in [1.82, 2.24) is 9.47 Å². The summed E-state index contributed by atoms with van der Waals surface area (Å²) in [6.07, 6.45) is 1.45. The predicted octanol–water partition coefficient (Wildman–Crippen LogP) is 3.29. The largest absolute Gasteiger partial charge is 0.493 e. The second kappa shape index (κ2) is 8.85. The molecule has 0 N–H and O–H groups in total. The van der Waals surface area contributed by atoms with Gasteiger partial charge in [-0.3, -0.25) is 9.59 Å². The number of piperidine rings is 1. The summed E-state index contributed by atoms with van der Waals surface area (Å²) >= 11 is 0. The number of aromatic nitrogens is 1. The monoisotopic (exact) mass is 420 g/mol. The first-order valence-corrected chi connectivity index (χ1v) is 9.84. The van der Waals surface area contributed by atoms with Gasteiger partial charge in [0.05, 0.1) is 14.2 Å². The number of hydrogen-bond acceptors (Lipinski definition) is 4. The van der Waals surface area contributed by atoms with E-state index in [0.717, 1.165) is 5.56 Å². The Kier molecular flexibility index (Phi) is 6.43. The van der Waals surface area contributed by atoms with Gasteiger partial charge < -0.3 is 18.9 Å². The molecule has 1 aromatic carbocycles. The van der Waals surface area contributed by atoms with E-state index in [1.807, 2.05) is 12.1 Å². The zero-order valence-electron chi connectivity index (χ0n) is 17.4. The maximum atomic E-state index is 13.4. The molecule has 0 spiro atoms. The number of aryl methyl sites for hydroxylation is 3. The van der Waals surface area contributed by atoms with Gasteiger partial charge in [-0.15, -0.1) is 0 Å². The van der Waals surface area contributed by atoms with Crippen molar-refractivity contribution in [2.75, 3.05) is 27.3 Å². The fraction of sp³-hybridized carbons (Fsp3) is 0.455. The highest BCUT2D eigenvalue weighted by Gasteiger charge is 2.36. The molecule has 0 aliphatic carbocycles. The van der Waals surface area contributed by atoms with Crippen LogP contribution in [0.25, 0.3) is 0 Å². The van der Waals surface area contributed by atoms with Crippen molar-refractivity contribution < 1.29 is 23.0 Å². The number of alkyl halides is 2. The van der Waals surface area contributed by atoms with E-state index in [1.54, 1.807) is 39.5 Å². The van der Waals surface area contributed by atoms with E-state index in [1.165, 1.54) is 9.47 Å². The Labute approximate surface area is 174 Å². The number of amides is 1. The molecule has 8 heteroatoms. The summed E-state index contributed by atoms with van der Waals surface area (Å²) in [5.41, 5.74) is 1.14. The van der Waals surface area contributed by atoms with Crippen LogP contribution in [0.4, 0.5) is 8.78 Å². The molecular weight excluding hydrogens is 394 g/mol. The van der Waals surface area contributed by atoms with Crippen LogP contribution in [0.5, 0.6) is 11.5 Å². The normalized spacial score (nSPS) is 15.7. The van der Waals surface area contributed by atoms with Gasteiger partial charge in [-0.2, -0.15) is 0 Å².